The number of anilines is 1. The molecule has 0 aliphatic carbocycles. The minimum atomic E-state index is -0.507. The van der Waals surface area contributed by atoms with E-state index in [1.54, 1.807) is 18.1 Å². The molecule has 1 aliphatic rings. The highest BCUT2D eigenvalue weighted by Gasteiger charge is 2.32. The fraction of sp³-hybridized carbons (Fsp3) is 0.412. The van der Waals surface area contributed by atoms with Crippen molar-refractivity contribution in [3.05, 3.63) is 56.5 Å². The largest absolute Gasteiger partial charge is 0.373 e. The van der Waals surface area contributed by atoms with Crippen LogP contribution in [0, 0.1) is 0 Å². The van der Waals surface area contributed by atoms with Gasteiger partial charge in [-0.1, -0.05) is 0 Å². The summed E-state index contributed by atoms with van der Waals surface area (Å²) in [5.74, 6) is 0.431. The summed E-state index contributed by atoms with van der Waals surface area (Å²) in [5.41, 5.74) is 0.110. The molecule has 2 aromatic rings. The smallest absolute Gasteiger partial charge is 0.331 e. The molecule has 8 heteroatoms. The Kier molecular flexibility index (Phi) is 4.43. The van der Waals surface area contributed by atoms with Crippen molar-refractivity contribution in [3.63, 3.8) is 0 Å². The summed E-state index contributed by atoms with van der Waals surface area (Å²) < 4.78 is 2.21. The molecule has 1 amide bonds. The Hall–Kier alpha value is -2.90. The summed E-state index contributed by atoms with van der Waals surface area (Å²) in [7, 11) is 4.69. The number of amides is 1. The summed E-state index contributed by atoms with van der Waals surface area (Å²) in [5, 5.41) is 2.99. The van der Waals surface area contributed by atoms with Crippen LogP contribution in [0.3, 0.4) is 0 Å². The van der Waals surface area contributed by atoms with Gasteiger partial charge in [-0.2, -0.15) is 0 Å². The van der Waals surface area contributed by atoms with E-state index in [0.717, 1.165) is 28.8 Å². The van der Waals surface area contributed by atoms with Crippen LogP contribution in [-0.2, 0) is 14.1 Å². The molecule has 0 bridgehead atoms. The van der Waals surface area contributed by atoms with Gasteiger partial charge in [0.05, 0.1) is 6.04 Å². The molecule has 0 aromatic carbocycles. The summed E-state index contributed by atoms with van der Waals surface area (Å²) in [6, 6.07) is 4.94. The van der Waals surface area contributed by atoms with E-state index in [1.807, 2.05) is 12.1 Å². The van der Waals surface area contributed by atoms with Crippen LogP contribution in [0.5, 0.6) is 0 Å². The molecule has 0 spiro atoms. The third-order valence-electron chi connectivity index (χ3n) is 4.68. The lowest BCUT2D eigenvalue weighted by atomic mass is 10.1. The zero-order chi connectivity index (χ0) is 18.1. The average molecular weight is 343 g/mol. The second-order valence-corrected chi connectivity index (χ2v) is 6.15. The molecule has 2 aromatic heterocycles. The molecule has 0 radical (unpaired) electrons. The maximum Gasteiger partial charge on any atom is 0.331 e. The predicted octanol–water partition coefficient (Wildman–Crippen LogP) is 0.498. The highest BCUT2D eigenvalue weighted by atomic mass is 16.2. The Morgan fingerprint density at radius 3 is 2.72 bits per heavy atom. The maximum absolute atomic E-state index is 13.0. The van der Waals surface area contributed by atoms with Crippen molar-refractivity contribution >= 4 is 11.7 Å². The maximum atomic E-state index is 13.0. The van der Waals surface area contributed by atoms with E-state index in [9.17, 15) is 14.4 Å². The number of hydrogen-bond donors (Lipinski definition) is 1. The molecule has 8 nitrogen and oxygen atoms in total. The summed E-state index contributed by atoms with van der Waals surface area (Å²) in [6.07, 6.45) is 3.40. The predicted molar refractivity (Wildman–Crippen MR) is 93.7 cm³/mol. The Labute approximate surface area is 144 Å². The average Bonchev–Trinajstić information content (AvgIpc) is 3.12. The van der Waals surface area contributed by atoms with Crippen molar-refractivity contribution in [2.24, 2.45) is 14.1 Å². The lowest BCUT2D eigenvalue weighted by Crippen LogP contribution is -2.42. The van der Waals surface area contributed by atoms with E-state index in [0.29, 0.717) is 6.54 Å². The van der Waals surface area contributed by atoms with Gasteiger partial charge in [-0.15, -0.1) is 0 Å². The molecule has 3 heterocycles. The van der Waals surface area contributed by atoms with Gasteiger partial charge >= 0.3 is 5.69 Å². The minimum Gasteiger partial charge on any atom is -0.373 e. The molecular weight excluding hydrogens is 322 g/mol. The van der Waals surface area contributed by atoms with Gasteiger partial charge in [0.2, 0.25) is 0 Å². The molecule has 0 saturated carbocycles. The van der Waals surface area contributed by atoms with Crippen LogP contribution in [-0.4, -0.2) is 38.5 Å². The molecule has 1 atom stereocenters. The van der Waals surface area contributed by atoms with Gasteiger partial charge in [-0.25, -0.2) is 9.78 Å². The second kappa shape index (κ2) is 6.54. The molecular formula is C17H21N5O3. The van der Waals surface area contributed by atoms with E-state index in [-0.39, 0.29) is 17.6 Å². The first kappa shape index (κ1) is 16.9. The Balaban J connectivity index is 1.99. The SMILES string of the molecule is CNc1cc(C2CCCN2C(=O)c2cc(=O)n(C)c(=O)n2C)ccn1. The van der Waals surface area contributed by atoms with E-state index >= 15 is 0 Å². The molecule has 1 N–H and O–H groups in total. The number of nitrogens with zero attached hydrogens (tertiary/aromatic N) is 4. The summed E-state index contributed by atoms with van der Waals surface area (Å²) in [6.45, 7) is 0.587. The molecule has 1 unspecified atom stereocenters. The zero-order valence-electron chi connectivity index (χ0n) is 14.5. The van der Waals surface area contributed by atoms with Gasteiger partial charge in [0.1, 0.15) is 11.5 Å². The van der Waals surface area contributed by atoms with E-state index in [2.05, 4.69) is 10.3 Å². The summed E-state index contributed by atoms with van der Waals surface area (Å²) >= 11 is 0. The van der Waals surface area contributed by atoms with Gasteiger partial charge in [0, 0.05) is 40.0 Å². The lowest BCUT2D eigenvalue weighted by Gasteiger charge is -2.26. The first-order valence-electron chi connectivity index (χ1n) is 8.15. The number of hydrogen-bond acceptors (Lipinski definition) is 5. The van der Waals surface area contributed by atoms with Gasteiger partial charge in [0.15, 0.2) is 0 Å². The van der Waals surface area contributed by atoms with Gasteiger partial charge in [-0.3, -0.25) is 18.7 Å². The number of rotatable bonds is 3. The van der Waals surface area contributed by atoms with Gasteiger partial charge < -0.3 is 10.2 Å². The number of carbonyl (C=O) groups is 1. The molecule has 1 fully saturated rings. The van der Waals surface area contributed by atoms with Crippen LogP contribution >= 0.6 is 0 Å². The van der Waals surface area contributed by atoms with Crippen LogP contribution in [0.25, 0.3) is 0 Å². The van der Waals surface area contributed by atoms with Crippen molar-refractivity contribution in [2.45, 2.75) is 18.9 Å². The third kappa shape index (κ3) is 2.95. The Bertz CT molecular complexity index is 931. The number of carbonyl (C=O) groups excluding carboxylic acids is 1. The van der Waals surface area contributed by atoms with Crippen LogP contribution in [0.1, 0.15) is 34.9 Å². The number of nitrogens with one attached hydrogen (secondary N) is 1. The van der Waals surface area contributed by atoms with Crippen molar-refractivity contribution in [2.75, 3.05) is 18.9 Å². The molecule has 1 aliphatic heterocycles. The highest BCUT2D eigenvalue weighted by Crippen LogP contribution is 2.33. The Morgan fingerprint density at radius 2 is 2.00 bits per heavy atom. The van der Waals surface area contributed by atoms with Crippen LogP contribution < -0.4 is 16.6 Å². The van der Waals surface area contributed by atoms with Crippen LogP contribution in [0.2, 0.25) is 0 Å². The van der Waals surface area contributed by atoms with Crippen LogP contribution in [0.4, 0.5) is 5.82 Å². The third-order valence-corrected chi connectivity index (χ3v) is 4.68. The molecule has 25 heavy (non-hydrogen) atoms. The van der Waals surface area contributed by atoms with E-state index < -0.39 is 11.2 Å². The normalized spacial score (nSPS) is 16.9. The molecule has 3 rings (SSSR count). The fourth-order valence-corrected chi connectivity index (χ4v) is 3.23. The highest BCUT2D eigenvalue weighted by molar-refractivity contribution is 5.93. The van der Waals surface area contributed by atoms with E-state index in [4.69, 9.17) is 0 Å². The standard InChI is InChI=1S/C17H21N5O3/c1-18-14-9-11(6-7-19-14)12-5-4-8-22(12)16(24)13-10-15(23)21(3)17(25)20(13)2/h6-7,9-10,12H,4-5,8H2,1-3H3,(H,18,19). The van der Waals surface area contributed by atoms with Crippen molar-refractivity contribution in [3.8, 4) is 0 Å². The number of aromatic nitrogens is 3. The lowest BCUT2D eigenvalue weighted by molar-refractivity contribution is 0.0723. The zero-order valence-corrected chi connectivity index (χ0v) is 14.5. The fourth-order valence-electron chi connectivity index (χ4n) is 3.23. The van der Waals surface area contributed by atoms with Gasteiger partial charge in [0.25, 0.3) is 11.5 Å². The van der Waals surface area contributed by atoms with Crippen molar-refractivity contribution < 1.29 is 4.79 Å². The number of likely N-dealkylation sites (tertiary alicyclic amines) is 1. The van der Waals surface area contributed by atoms with E-state index in [1.165, 1.54) is 24.7 Å². The first-order chi connectivity index (χ1) is 11.9. The Morgan fingerprint density at radius 1 is 1.24 bits per heavy atom. The molecule has 1 saturated heterocycles. The number of pyridine rings is 1. The van der Waals surface area contributed by atoms with Gasteiger partial charge in [-0.05, 0) is 30.5 Å². The first-order valence-corrected chi connectivity index (χ1v) is 8.15. The molecule has 132 valence electrons. The van der Waals surface area contributed by atoms with Crippen LogP contribution in [0.15, 0.2) is 34.0 Å². The van der Waals surface area contributed by atoms with Crippen molar-refractivity contribution in [1.82, 2.24) is 19.0 Å². The van der Waals surface area contributed by atoms with Crippen molar-refractivity contribution in [1.29, 1.82) is 0 Å². The summed E-state index contributed by atoms with van der Waals surface area (Å²) in [4.78, 5) is 43.0. The second-order valence-electron chi connectivity index (χ2n) is 6.15. The quantitative estimate of drug-likeness (QED) is 0.876. The topological polar surface area (TPSA) is 89.2 Å². The monoisotopic (exact) mass is 343 g/mol. The minimum absolute atomic E-state index is 0.0956.